The van der Waals surface area contributed by atoms with Gasteiger partial charge in [-0.05, 0) is 70.6 Å². The average molecular weight is 869 g/mol. The number of unbranched alkanes of at least 4 members (excludes halogenated alkanes) is 31. The summed E-state index contributed by atoms with van der Waals surface area (Å²) in [6.45, 7) is 6.59. The molecular weight excluding hydrogens is 769 g/mol. The molecule has 62 heavy (non-hydrogen) atoms. The van der Waals surface area contributed by atoms with Crippen molar-refractivity contribution in [3.8, 4) is 0 Å². The Bertz CT molecular complexity index is 1090. The summed E-state index contributed by atoms with van der Waals surface area (Å²) in [5.41, 5.74) is 0. The summed E-state index contributed by atoms with van der Waals surface area (Å²) in [6.07, 6.45) is 61.0. The lowest BCUT2D eigenvalue weighted by Gasteiger charge is -2.18. The van der Waals surface area contributed by atoms with E-state index in [0.717, 1.165) is 83.5 Å². The van der Waals surface area contributed by atoms with Crippen molar-refractivity contribution in [1.82, 2.24) is 0 Å². The molecule has 0 aromatic heterocycles. The van der Waals surface area contributed by atoms with Gasteiger partial charge in [0.2, 0.25) is 0 Å². The van der Waals surface area contributed by atoms with E-state index < -0.39 is 6.10 Å². The highest BCUT2D eigenvalue weighted by atomic mass is 16.6. The maximum Gasteiger partial charge on any atom is 0.306 e. The summed E-state index contributed by atoms with van der Waals surface area (Å²) < 4.78 is 16.8. The van der Waals surface area contributed by atoms with Gasteiger partial charge in [0.05, 0.1) is 0 Å². The van der Waals surface area contributed by atoms with Gasteiger partial charge in [0.15, 0.2) is 6.10 Å². The minimum absolute atomic E-state index is 0.0901. The fourth-order valence-electron chi connectivity index (χ4n) is 7.54. The van der Waals surface area contributed by atoms with E-state index in [1.807, 2.05) is 0 Å². The third-order valence-electron chi connectivity index (χ3n) is 11.6. The van der Waals surface area contributed by atoms with Gasteiger partial charge in [0, 0.05) is 19.3 Å². The Morgan fingerprint density at radius 1 is 0.323 bits per heavy atom. The van der Waals surface area contributed by atoms with E-state index in [2.05, 4.69) is 69.4 Å². The molecule has 0 aromatic rings. The average Bonchev–Trinajstić information content (AvgIpc) is 3.27. The second kappa shape index (κ2) is 51.0. The first-order valence-corrected chi connectivity index (χ1v) is 26.7. The molecule has 0 rings (SSSR count). The van der Waals surface area contributed by atoms with Crippen molar-refractivity contribution in [3.63, 3.8) is 0 Å². The van der Waals surface area contributed by atoms with Crippen molar-refractivity contribution in [2.75, 3.05) is 13.2 Å². The van der Waals surface area contributed by atoms with Crippen LogP contribution in [0.4, 0.5) is 0 Å². The lowest BCUT2D eigenvalue weighted by atomic mass is 10.0. The number of esters is 3. The molecule has 360 valence electrons. The molecule has 0 radical (unpaired) electrons. The van der Waals surface area contributed by atoms with Crippen LogP contribution in [0.15, 0.2) is 48.6 Å². The lowest BCUT2D eigenvalue weighted by Crippen LogP contribution is -2.30. The van der Waals surface area contributed by atoms with Crippen LogP contribution >= 0.6 is 0 Å². The molecule has 0 fully saturated rings. The second-order valence-corrected chi connectivity index (χ2v) is 17.8. The third kappa shape index (κ3) is 48.4. The summed E-state index contributed by atoms with van der Waals surface area (Å²) in [5, 5.41) is 0. The number of hydrogen-bond acceptors (Lipinski definition) is 6. The van der Waals surface area contributed by atoms with Gasteiger partial charge in [-0.25, -0.2) is 0 Å². The molecule has 0 aliphatic rings. The van der Waals surface area contributed by atoms with Gasteiger partial charge >= 0.3 is 17.9 Å². The predicted octanol–water partition coefficient (Wildman–Crippen LogP) is 17.5. The molecule has 0 spiro atoms. The molecule has 0 aromatic carbocycles. The topological polar surface area (TPSA) is 78.9 Å². The van der Waals surface area contributed by atoms with Gasteiger partial charge in [-0.1, -0.05) is 230 Å². The summed E-state index contributed by atoms with van der Waals surface area (Å²) in [5.74, 6) is -0.936. The van der Waals surface area contributed by atoms with Gasteiger partial charge in [-0.2, -0.15) is 0 Å². The molecule has 0 aliphatic heterocycles. The van der Waals surface area contributed by atoms with Gasteiger partial charge in [0.1, 0.15) is 13.2 Å². The highest BCUT2D eigenvalue weighted by molar-refractivity contribution is 5.71. The van der Waals surface area contributed by atoms with E-state index in [1.165, 1.54) is 148 Å². The van der Waals surface area contributed by atoms with Crippen molar-refractivity contribution in [3.05, 3.63) is 48.6 Å². The number of carbonyl (C=O) groups excluding carboxylic acids is 3. The van der Waals surface area contributed by atoms with Gasteiger partial charge in [-0.15, -0.1) is 0 Å². The largest absolute Gasteiger partial charge is 0.462 e. The van der Waals surface area contributed by atoms with E-state index in [4.69, 9.17) is 14.2 Å². The van der Waals surface area contributed by atoms with Crippen molar-refractivity contribution in [2.45, 2.75) is 277 Å². The minimum Gasteiger partial charge on any atom is -0.462 e. The molecule has 6 heteroatoms. The Balaban J connectivity index is 4.45. The van der Waals surface area contributed by atoms with E-state index >= 15 is 0 Å². The monoisotopic (exact) mass is 869 g/mol. The summed E-state index contributed by atoms with van der Waals surface area (Å²) in [7, 11) is 0. The van der Waals surface area contributed by atoms with E-state index in [1.54, 1.807) is 0 Å². The van der Waals surface area contributed by atoms with Crippen LogP contribution in [0, 0.1) is 0 Å². The van der Waals surface area contributed by atoms with Crippen molar-refractivity contribution >= 4 is 17.9 Å². The molecule has 1 atom stereocenters. The van der Waals surface area contributed by atoms with Crippen LogP contribution in [0.5, 0.6) is 0 Å². The maximum atomic E-state index is 12.8. The van der Waals surface area contributed by atoms with Gasteiger partial charge in [0.25, 0.3) is 0 Å². The number of hydrogen-bond donors (Lipinski definition) is 0. The molecule has 0 bridgehead atoms. The Morgan fingerprint density at radius 3 is 0.871 bits per heavy atom. The standard InChI is InChI=1S/C56H100O6/c1-4-7-10-13-16-19-22-25-27-29-31-34-37-40-43-46-49-55(58)61-52-53(51-60-54(57)48-45-42-39-36-33-24-21-18-15-12-9-6-3)62-56(59)50-47-44-41-38-35-32-30-28-26-23-20-17-14-11-8-5-2/h27-32,34-35,53H,4-26,33,36-52H2,1-3H3/b29-27-,30-28-,34-31-,35-32-. The minimum atomic E-state index is -0.794. The molecular formula is C56H100O6. The molecule has 0 aliphatic carbocycles. The molecule has 6 nitrogen and oxygen atoms in total. The van der Waals surface area contributed by atoms with Crippen LogP contribution < -0.4 is 0 Å². The molecule has 0 saturated heterocycles. The van der Waals surface area contributed by atoms with Crippen molar-refractivity contribution in [1.29, 1.82) is 0 Å². The van der Waals surface area contributed by atoms with Crippen LogP contribution in [0.1, 0.15) is 271 Å². The van der Waals surface area contributed by atoms with Crippen LogP contribution in [-0.4, -0.2) is 37.2 Å². The van der Waals surface area contributed by atoms with Crippen LogP contribution in [0.2, 0.25) is 0 Å². The van der Waals surface area contributed by atoms with Crippen molar-refractivity contribution in [2.24, 2.45) is 0 Å². The third-order valence-corrected chi connectivity index (χ3v) is 11.6. The maximum absolute atomic E-state index is 12.8. The summed E-state index contributed by atoms with van der Waals surface area (Å²) >= 11 is 0. The number of allylic oxidation sites excluding steroid dienone is 8. The normalized spacial score (nSPS) is 12.4. The Labute approximate surface area is 384 Å². The SMILES string of the molecule is CCCCCCCCC/C=C\C=C/CCCCCC(=O)OCC(COC(=O)CCCCCCCCCCCCCC)OC(=O)CCCCC/C=C\C=C/CCCCCCCCC. The Morgan fingerprint density at radius 2 is 0.565 bits per heavy atom. The van der Waals surface area contributed by atoms with Crippen LogP contribution in [0.3, 0.4) is 0 Å². The number of ether oxygens (including phenoxy) is 3. The van der Waals surface area contributed by atoms with E-state index in [-0.39, 0.29) is 31.1 Å². The highest BCUT2D eigenvalue weighted by Crippen LogP contribution is 2.15. The zero-order valence-corrected chi connectivity index (χ0v) is 41.1. The molecule has 1 unspecified atom stereocenters. The zero-order chi connectivity index (χ0) is 45.1. The lowest BCUT2D eigenvalue weighted by molar-refractivity contribution is -0.167. The van der Waals surface area contributed by atoms with Crippen LogP contribution in [-0.2, 0) is 28.6 Å². The van der Waals surface area contributed by atoms with Crippen LogP contribution in [0.25, 0.3) is 0 Å². The molecule has 0 heterocycles. The Kier molecular flexibility index (Phi) is 48.8. The van der Waals surface area contributed by atoms with Crippen molar-refractivity contribution < 1.29 is 28.6 Å². The predicted molar refractivity (Wildman–Crippen MR) is 265 cm³/mol. The molecule has 0 amide bonds. The fourth-order valence-corrected chi connectivity index (χ4v) is 7.54. The number of rotatable bonds is 48. The van der Waals surface area contributed by atoms with E-state index in [9.17, 15) is 14.4 Å². The molecule has 0 N–H and O–H groups in total. The first kappa shape index (κ1) is 59.4. The first-order chi connectivity index (χ1) is 30.5. The smallest absolute Gasteiger partial charge is 0.306 e. The summed E-state index contributed by atoms with van der Waals surface area (Å²) in [4.78, 5) is 38.0. The first-order valence-electron chi connectivity index (χ1n) is 26.7. The Hall–Kier alpha value is -2.63. The summed E-state index contributed by atoms with van der Waals surface area (Å²) in [6, 6.07) is 0. The van der Waals surface area contributed by atoms with Gasteiger partial charge in [-0.3, -0.25) is 14.4 Å². The van der Waals surface area contributed by atoms with E-state index in [0.29, 0.717) is 19.3 Å². The highest BCUT2D eigenvalue weighted by Gasteiger charge is 2.19. The van der Waals surface area contributed by atoms with Gasteiger partial charge < -0.3 is 14.2 Å². The number of carbonyl (C=O) groups is 3. The zero-order valence-electron chi connectivity index (χ0n) is 41.1. The fraction of sp³-hybridized carbons (Fsp3) is 0.804. The second-order valence-electron chi connectivity index (χ2n) is 17.8. The quantitative estimate of drug-likeness (QED) is 0.0262. The molecule has 0 saturated carbocycles.